The van der Waals surface area contributed by atoms with Gasteiger partial charge in [-0.05, 0) is 25.0 Å². The maximum atomic E-state index is 12.7. The van der Waals surface area contributed by atoms with E-state index in [2.05, 4.69) is 10.3 Å². The standard InChI is InChI=1S/C21H25N5O3S/c1-12(2)10-26-19(22)18(20(28)25(4)21(26)29)15-11-30-17(24-15)9-16(27)23-14-7-5-13(3)6-8-14/h5-8,11-12H,9-10,22H2,1-4H3,(H,23,27). The molecule has 3 rings (SSSR count). The van der Waals surface area contributed by atoms with Crippen molar-refractivity contribution in [2.24, 2.45) is 13.0 Å². The lowest BCUT2D eigenvalue weighted by atomic mass is 10.2. The number of hydrogen-bond donors (Lipinski definition) is 2. The Kier molecular flexibility index (Phi) is 6.21. The van der Waals surface area contributed by atoms with Gasteiger partial charge in [0.2, 0.25) is 5.91 Å². The van der Waals surface area contributed by atoms with Crippen molar-refractivity contribution in [3.05, 3.63) is 61.1 Å². The number of thiazole rings is 1. The maximum absolute atomic E-state index is 12.7. The van der Waals surface area contributed by atoms with Crippen LogP contribution in [0.15, 0.2) is 39.2 Å². The minimum atomic E-state index is -0.501. The van der Waals surface area contributed by atoms with Gasteiger partial charge in [-0.25, -0.2) is 9.78 Å². The molecule has 9 heteroatoms. The average molecular weight is 428 g/mol. The van der Waals surface area contributed by atoms with Crippen molar-refractivity contribution in [2.45, 2.75) is 33.7 Å². The number of anilines is 2. The van der Waals surface area contributed by atoms with Crippen LogP contribution in [0.5, 0.6) is 0 Å². The van der Waals surface area contributed by atoms with Crippen LogP contribution in [0, 0.1) is 12.8 Å². The molecule has 3 N–H and O–H groups in total. The van der Waals surface area contributed by atoms with E-state index in [9.17, 15) is 14.4 Å². The van der Waals surface area contributed by atoms with Gasteiger partial charge in [0.1, 0.15) is 16.4 Å². The number of benzene rings is 1. The highest BCUT2D eigenvalue weighted by Gasteiger charge is 2.20. The molecular weight excluding hydrogens is 402 g/mol. The van der Waals surface area contributed by atoms with Crippen LogP contribution in [0.1, 0.15) is 24.4 Å². The minimum Gasteiger partial charge on any atom is -0.384 e. The van der Waals surface area contributed by atoms with E-state index in [1.807, 2.05) is 45.0 Å². The highest BCUT2D eigenvalue weighted by atomic mass is 32.1. The van der Waals surface area contributed by atoms with Crippen LogP contribution in [0.2, 0.25) is 0 Å². The van der Waals surface area contributed by atoms with Crippen LogP contribution < -0.4 is 22.3 Å². The zero-order valence-corrected chi connectivity index (χ0v) is 18.2. The first-order chi connectivity index (χ1) is 14.2. The monoisotopic (exact) mass is 427 g/mol. The van der Waals surface area contributed by atoms with Crippen LogP contribution in [0.4, 0.5) is 11.5 Å². The Balaban J connectivity index is 1.87. The first-order valence-corrected chi connectivity index (χ1v) is 10.5. The number of nitrogen functional groups attached to an aromatic ring is 1. The third kappa shape index (κ3) is 4.51. The molecule has 0 aliphatic rings. The summed E-state index contributed by atoms with van der Waals surface area (Å²) in [6, 6.07) is 7.51. The molecule has 0 bridgehead atoms. The number of amides is 1. The van der Waals surface area contributed by atoms with E-state index >= 15 is 0 Å². The van der Waals surface area contributed by atoms with E-state index in [0.29, 0.717) is 22.9 Å². The predicted octanol–water partition coefficient (Wildman–Crippen LogP) is 2.40. The second-order valence-electron chi connectivity index (χ2n) is 7.63. The van der Waals surface area contributed by atoms with Gasteiger partial charge in [0, 0.05) is 24.7 Å². The normalized spacial score (nSPS) is 11.1. The number of rotatable bonds is 6. The van der Waals surface area contributed by atoms with Crippen LogP contribution in [-0.4, -0.2) is 20.0 Å². The molecule has 8 nitrogen and oxygen atoms in total. The fourth-order valence-electron chi connectivity index (χ4n) is 3.05. The first kappa shape index (κ1) is 21.5. The highest BCUT2D eigenvalue weighted by Crippen LogP contribution is 2.24. The van der Waals surface area contributed by atoms with E-state index in [1.165, 1.54) is 23.0 Å². The number of aryl methyl sites for hydroxylation is 1. The third-order valence-electron chi connectivity index (χ3n) is 4.59. The molecule has 1 amide bonds. The number of hydrogen-bond acceptors (Lipinski definition) is 6. The number of nitrogens with two attached hydrogens (primary N) is 1. The summed E-state index contributed by atoms with van der Waals surface area (Å²) in [6.45, 7) is 6.29. The second-order valence-corrected chi connectivity index (χ2v) is 8.57. The van der Waals surface area contributed by atoms with Gasteiger partial charge in [-0.15, -0.1) is 11.3 Å². The zero-order valence-electron chi connectivity index (χ0n) is 17.4. The fraction of sp³-hybridized carbons (Fsp3) is 0.333. The molecule has 158 valence electrons. The molecule has 0 spiro atoms. The predicted molar refractivity (Wildman–Crippen MR) is 120 cm³/mol. The molecule has 2 aromatic heterocycles. The Bertz CT molecular complexity index is 1190. The lowest BCUT2D eigenvalue weighted by Crippen LogP contribution is -2.41. The van der Waals surface area contributed by atoms with Crippen molar-refractivity contribution in [3.8, 4) is 11.3 Å². The molecule has 0 unspecified atom stereocenters. The van der Waals surface area contributed by atoms with Crippen molar-refractivity contribution in [1.29, 1.82) is 0 Å². The van der Waals surface area contributed by atoms with Gasteiger partial charge >= 0.3 is 5.69 Å². The van der Waals surface area contributed by atoms with Crippen molar-refractivity contribution < 1.29 is 4.79 Å². The summed E-state index contributed by atoms with van der Waals surface area (Å²) in [4.78, 5) is 41.9. The third-order valence-corrected chi connectivity index (χ3v) is 5.43. The summed E-state index contributed by atoms with van der Waals surface area (Å²) < 4.78 is 2.43. The first-order valence-electron chi connectivity index (χ1n) is 9.58. The molecule has 30 heavy (non-hydrogen) atoms. The molecule has 2 heterocycles. The molecular formula is C21H25N5O3S. The number of nitrogens with zero attached hydrogens (tertiary/aromatic N) is 3. The Morgan fingerprint density at radius 1 is 1.23 bits per heavy atom. The van der Waals surface area contributed by atoms with Gasteiger partial charge in [0.15, 0.2) is 0 Å². The topological polar surface area (TPSA) is 112 Å². The smallest absolute Gasteiger partial charge is 0.332 e. The van der Waals surface area contributed by atoms with Crippen molar-refractivity contribution in [3.63, 3.8) is 0 Å². The minimum absolute atomic E-state index is 0.0738. The van der Waals surface area contributed by atoms with Gasteiger partial charge in [-0.3, -0.25) is 18.7 Å². The number of carbonyl (C=O) groups is 1. The lowest BCUT2D eigenvalue weighted by molar-refractivity contribution is -0.115. The second kappa shape index (κ2) is 8.66. The van der Waals surface area contributed by atoms with E-state index < -0.39 is 11.2 Å². The lowest BCUT2D eigenvalue weighted by Gasteiger charge is -2.15. The molecule has 3 aromatic rings. The molecule has 0 fully saturated rings. The van der Waals surface area contributed by atoms with Gasteiger partial charge in [-0.2, -0.15) is 0 Å². The maximum Gasteiger partial charge on any atom is 0.332 e. The Morgan fingerprint density at radius 3 is 2.53 bits per heavy atom. The molecule has 0 saturated carbocycles. The van der Waals surface area contributed by atoms with Crippen LogP contribution in [0.25, 0.3) is 11.3 Å². The number of nitrogens with one attached hydrogen (secondary N) is 1. The summed E-state index contributed by atoms with van der Waals surface area (Å²) in [5.41, 5.74) is 7.60. The van der Waals surface area contributed by atoms with Crippen LogP contribution in [-0.2, 0) is 24.8 Å². The molecule has 0 aliphatic heterocycles. The van der Waals surface area contributed by atoms with E-state index in [1.54, 1.807) is 5.38 Å². The quantitative estimate of drug-likeness (QED) is 0.627. The van der Waals surface area contributed by atoms with E-state index in [4.69, 9.17) is 5.73 Å². The molecule has 0 atom stereocenters. The fourth-order valence-corrected chi connectivity index (χ4v) is 3.84. The molecule has 0 radical (unpaired) electrons. The Morgan fingerprint density at radius 2 is 1.90 bits per heavy atom. The van der Waals surface area contributed by atoms with E-state index in [-0.39, 0.29) is 29.6 Å². The summed E-state index contributed by atoms with van der Waals surface area (Å²) in [6.07, 6.45) is 0.0738. The molecule has 1 aromatic carbocycles. The van der Waals surface area contributed by atoms with Gasteiger partial charge in [-0.1, -0.05) is 31.5 Å². The SMILES string of the molecule is Cc1ccc(NC(=O)Cc2nc(-c3c(N)n(CC(C)C)c(=O)n(C)c3=O)cs2)cc1. The summed E-state index contributed by atoms with van der Waals surface area (Å²) in [5, 5.41) is 5.07. The van der Waals surface area contributed by atoms with E-state index in [0.717, 1.165) is 10.1 Å². The summed E-state index contributed by atoms with van der Waals surface area (Å²) in [7, 11) is 1.42. The van der Waals surface area contributed by atoms with Gasteiger partial charge in [0.25, 0.3) is 5.56 Å². The molecule has 0 aliphatic carbocycles. The largest absolute Gasteiger partial charge is 0.384 e. The summed E-state index contributed by atoms with van der Waals surface area (Å²) in [5.74, 6) is 0.0648. The van der Waals surface area contributed by atoms with Crippen molar-refractivity contribution in [1.82, 2.24) is 14.1 Å². The van der Waals surface area contributed by atoms with Crippen molar-refractivity contribution >= 4 is 28.7 Å². The average Bonchev–Trinajstić information content (AvgIpc) is 3.13. The van der Waals surface area contributed by atoms with Gasteiger partial charge in [0.05, 0.1) is 12.1 Å². The van der Waals surface area contributed by atoms with Crippen molar-refractivity contribution in [2.75, 3.05) is 11.1 Å². The number of aromatic nitrogens is 3. The van der Waals surface area contributed by atoms with Gasteiger partial charge < -0.3 is 11.1 Å². The van der Waals surface area contributed by atoms with Crippen LogP contribution >= 0.6 is 11.3 Å². The van der Waals surface area contributed by atoms with Crippen LogP contribution in [0.3, 0.4) is 0 Å². The number of carbonyl (C=O) groups excluding carboxylic acids is 1. The zero-order chi connectivity index (χ0) is 22.0. The highest BCUT2D eigenvalue weighted by molar-refractivity contribution is 7.10. The molecule has 0 saturated heterocycles. The Labute approximate surface area is 178 Å². The summed E-state index contributed by atoms with van der Waals surface area (Å²) >= 11 is 1.27. The Hall–Kier alpha value is -3.20.